The third-order valence-electron chi connectivity index (χ3n) is 3.28. The zero-order chi connectivity index (χ0) is 15.6. The van der Waals surface area contributed by atoms with Crippen molar-refractivity contribution in [2.45, 2.75) is 6.42 Å². The van der Waals surface area contributed by atoms with Crippen molar-refractivity contribution in [3.05, 3.63) is 38.3 Å². The number of non-ortho nitro benzene ring substituents is 1. The summed E-state index contributed by atoms with van der Waals surface area (Å²) in [5.74, 6) is -0.344. The molecule has 9 heteroatoms. The number of carbonyl (C=O) groups is 1. The van der Waals surface area contributed by atoms with Crippen LogP contribution in [0.15, 0.2) is 22.7 Å². The van der Waals surface area contributed by atoms with Gasteiger partial charge in [0.1, 0.15) is 0 Å². The van der Waals surface area contributed by atoms with E-state index in [1.54, 1.807) is 0 Å². The van der Waals surface area contributed by atoms with Gasteiger partial charge in [-0.25, -0.2) is 8.42 Å². The lowest BCUT2D eigenvalue weighted by molar-refractivity contribution is -0.384. The number of rotatable bonds is 4. The molecule has 1 heterocycles. The van der Waals surface area contributed by atoms with E-state index in [-0.39, 0.29) is 35.2 Å². The van der Waals surface area contributed by atoms with Gasteiger partial charge in [0.15, 0.2) is 9.84 Å². The number of benzene rings is 1. The Kier molecular flexibility index (Phi) is 4.62. The van der Waals surface area contributed by atoms with Crippen molar-refractivity contribution in [3.8, 4) is 0 Å². The van der Waals surface area contributed by atoms with Crippen LogP contribution in [0.25, 0.3) is 0 Å². The van der Waals surface area contributed by atoms with Crippen molar-refractivity contribution in [2.24, 2.45) is 5.92 Å². The normalized spacial score (nSPS) is 20.1. The summed E-state index contributed by atoms with van der Waals surface area (Å²) in [5, 5.41) is 13.3. The first-order valence-electron chi connectivity index (χ1n) is 6.21. The monoisotopic (exact) mass is 376 g/mol. The molecule has 1 N–H and O–H groups in total. The van der Waals surface area contributed by atoms with Crippen LogP contribution in [0.5, 0.6) is 0 Å². The van der Waals surface area contributed by atoms with E-state index in [4.69, 9.17) is 0 Å². The number of hydrogen-bond donors (Lipinski definition) is 1. The summed E-state index contributed by atoms with van der Waals surface area (Å²) < 4.78 is 23.1. The fourth-order valence-electron chi connectivity index (χ4n) is 2.17. The first-order valence-corrected chi connectivity index (χ1v) is 8.82. The van der Waals surface area contributed by atoms with E-state index in [0.717, 1.165) is 0 Å². The molecule has 0 aliphatic carbocycles. The van der Waals surface area contributed by atoms with E-state index in [1.165, 1.54) is 18.2 Å². The van der Waals surface area contributed by atoms with Gasteiger partial charge in [0.05, 0.1) is 22.0 Å². The fourth-order valence-corrected chi connectivity index (χ4v) is 4.45. The minimum absolute atomic E-state index is 0.0728. The van der Waals surface area contributed by atoms with Gasteiger partial charge in [-0.3, -0.25) is 14.9 Å². The average Bonchev–Trinajstić information content (AvgIpc) is 2.76. The van der Waals surface area contributed by atoms with E-state index in [2.05, 4.69) is 21.2 Å². The Balaban J connectivity index is 2.04. The molecule has 0 bridgehead atoms. The van der Waals surface area contributed by atoms with Crippen molar-refractivity contribution in [1.82, 2.24) is 5.32 Å². The lowest BCUT2D eigenvalue weighted by Gasteiger charge is -2.10. The molecule has 21 heavy (non-hydrogen) atoms. The van der Waals surface area contributed by atoms with E-state index in [9.17, 15) is 23.3 Å². The van der Waals surface area contributed by atoms with Gasteiger partial charge in [-0.1, -0.05) is 0 Å². The number of nitro groups is 1. The number of sulfone groups is 1. The molecule has 0 spiro atoms. The third-order valence-corrected chi connectivity index (χ3v) is 5.81. The number of hydrogen-bond acceptors (Lipinski definition) is 5. The van der Waals surface area contributed by atoms with Crippen LogP contribution in [0.1, 0.15) is 16.8 Å². The summed E-state index contributed by atoms with van der Waals surface area (Å²) >= 11 is 3.17. The first kappa shape index (κ1) is 15.9. The second-order valence-electron chi connectivity index (χ2n) is 4.90. The van der Waals surface area contributed by atoms with Crippen LogP contribution in [0.2, 0.25) is 0 Å². The van der Waals surface area contributed by atoms with Gasteiger partial charge >= 0.3 is 0 Å². The lowest BCUT2D eigenvalue weighted by Crippen LogP contribution is -2.30. The SMILES string of the molecule is O=C(NCC1CCS(=O)(=O)C1)c1cc([N+](=O)[O-])ccc1Br. The van der Waals surface area contributed by atoms with Crippen LogP contribution < -0.4 is 5.32 Å². The summed E-state index contributed by atoms with van der Waals surface area (Å²) in [6.45, 7) is 0.243. The largest absolute Gasteiger partial charge is 0.352 e. The summed E-state index contributed by atoms with van der Waals surface area (Å²) in [4.78, 5) is 22.2. The minimum atomic E-state index is -2.98. The topological polar surface area (TPSA) is 106 Å². The van der Waals surface area contributed by atoms with Crippen LogP contribution in [0.4, 0.5) is 5.69 Å². The second-order valence-corrected chi connectivity index (χ2v) is 7.98. The van der Waals surface area contributed by atoms with Gasteiger partial charge in [0, 0.05) is 23.2 Å². The quantitative estimate of drug-likeness (QED) is 0.633. The molecule has 1 aliphatic rings. The van der Waals surface area contributed by atoms with Crippen molar-refractivity contribution in [3.63, 3.8) is 0 Å². The van der Waals surface area contributed by atoms with Gasteiger partial charge in [0.2, 0.25) is 0 Å². The van der Waals surface area contributed by atoms with Crippen LogP contribution in [-0.4, -0.2) is 37.3 Å². The second kappa shape index (κ2) is 6.10. The summed E-state index contributed by atoms with van der Waals surface area (Å²) in [7, 11) is -2.98. The van der Waals surface area contributed by atoms with Gasteiger partial charge in [-0.05, 0) is 34.3 Å². The van der Waals surface area contributed by atoms with Crippen LogP contribution in [0, 0.1) is 16.0 Å². The number of nitro benzene ring substituents is 1. The maximum absolute atomic E-state index is 12.0. The predicted molar refractivity (Wildman–Crippen MR) is 79.9 cm³/mol. The first-order chi connectivity index (χ1) is 9.78. The molecule has 114 valence electrons. The molecule has 1 aromatic carbocycles. The molecule has 1 aliphatic heterocycles. The molecule has 1 atom stereocenters. The van der Waals surface area contributed by atoms with Crippen LogP contribution in [0.3, 0.4) is 0 Å². The highest BCUT2D eigenvalue weighted by Crippen LogP contribution is 2.23. The number of carbonyl (C=O) groups excluding carboxylic acids is 1. The van der Waals surface area contributed by atoms with Crippen molar-refractivity contribution in [1.29, 1.82) is 0 Å². The number of nitrogens with one attached hydrogen (secondary N) is 1. The summed E-state index contributed by atoms with van der Waals surface area (Å²) in [6.07, 6.45) is 0.527. The molecule has 1 saturated heterocycles. The van der Waals surface area contributed by atoms with E-state index in [1.807, 2.05) is 0 Å². The van der Waals surface area contributed by atoms with E-state index >= 15 is 0 Å². The molecular weight excluding hydrogens is 364 g/mol. The zero-order valence-electron chi connectivity index (χ0n) is 10.9. The summed E-state index contributed by atoms with van der Waals surface area (Å²) in [6, 6.07) is 3.92. The average molecular weight is 377 g/mol. The molecule has 0 radical (unpaired) electrons. The smallest absolute Gasteiger partial charge is 0.270 e. The fraction of sp³-hybridized carbons (Fsp3) is 0.417. The molecule has 1 unspecified atom stereocenters. The van der Waals surface area contributed by atoms with Gasteiger partial charge < -0.3 is 5.32 Å². The number of amides is 1. The summed E-state index contributed by atoms with van der Waals surface area (Å²) in [5.41, 5.74) is -0.0168. The molecule has 0 aromatic heterocycles. The molecule has 7 nitrogen and oxygen atoms in total. The van der Waals surface area contributed by atoms with Crippen molar-refractivity contribution < 1.29 is 18.1 Å². The Morgan fingerprint density at radius 3 is 2.76 bits per heavy atom. The highest BCUT2D eigenvalue weighted by Gasteiger charge is 2.28. The number of nitrogens with zero attached hydrogens (tertiary/aromatic N) is 1. The van der Waals surface area contributed by atoms with Gasteiger partial charge in [-0.2, -0.15) is 0 Å². The minimum Gasteiger partial charge on any atom is -0.352 e. The van der Waals surface area contributed by atoms with Crippen molar-refractivity contribution in [2.75, 3.05) is 18.1 Å². The highest BCUT2D eigenvalue weighted by atomic mass is 79.9. The third kappa shape index (κ3) is 4.01. The number of halogens is 1. The van der Waals surface area contributed by atoms with Gasteiger partial charge in [0.25, 0.3) is 11.6 Å². The maximum Gasteiger partial charge on any atom is 0.270 e. The Morgan fingerprint density at radius 2 is 2.19 bits per heavy atom. The van der Waals surface area contributed by atoms with Crippen LogP contribution in [-0.2, 0) is 9.84 Å². The zero-order valence-corrected chi connectivity index (χ0v) is 13.3. The van der Waals surface area contributed by atoms with E-state index < -0.39 is 20.7 Å². The molecule has 2 rings (SSSR count). The van der Waals surface area contributed by atoms with Gasteiger partial charge in [-0.15, -0.1) is 0 Å². The molecular formula is C12H13BrN2O5S. The molecule has 1 amide bonds. The highest BCUT2D eigenvalue weighted by molar-refractivity contribution is 9.10. The van der Waals surface area contributed by atoms with Crippen molar-refractivity contribution >= 4 is 37.4 Å². The van der Waals surface area contributed by atoms with E-state index in [0.29, 0.717) is 10.9 Å². The maximum atomic E-state index is 12.0. The molecule has 1 aromatic rings. The Morgan fingerprint density at radius 1 is 1.48 bits per heavy atom. The Labute approximate surface area is 129 Å². The molecule has 1 fully saturated rings. The molecule has 0 saturated carbocycles. The predicted octanol–water partition coefficient (Wildman–Crippen LogP) is 1.52. The Hall–Kier alpha value is -1.48. The van der Waals surface area contributed by atoms with Crippen LogP contribution >= 0.6 is 15.9 Å². The standard InChI is InChI=1S/C12H13BrN2O5S/c13-11-2-1-9(15(17)18)5-10(11)12(16)14-6-8-3-4-21(19,20)7-8/h1-2,5,8H,3-4,6-7H2,(H,14,16). The lowest BCUT2D eigenvalue weighted by atomic mass is 10.1. The Bertz CT molecular complexity index is 689.